The van der Waals surface area contributed by atoms with Crippen molar-refractivity contribution in [1.82, 2.24) is 29.6 Å². The van der Waals surface area contributed by atoms with E-state index in [1.165, 1.54) is 11.8 Å². The Morgan fingerprint density at radius 1 is 1.23 bits per heavy atom. The van der Waals surface area contributed by atoms with E-state index in [0.29, 0.717) is 22.7 Å². The molecule has 3 atom stereocenters. The molecule has 0 unspecified atom stereocenters. The molecule has 2 bridgehead atoms. The number of carbonyl (C=O) groups is 1. The molecule has 2 heterocycles. The summed E-state index contributed by atoms with van der Waals surface area (Å²) < 4.78 is 5.13. The van der Waals surface area contributed by atoms with Crippen molar-refractivity contribution in [1.29, 1.82) is 0 Å². The monoisotopic (exact) mass is 437 g/mol. The Balaban J connectivity index is 1.29. The van der Waals surface area contributed by atoms with Crippen LogP contribution in [0.15, 0.2) is 52.4 Å². The van der Waals surface area contributed by atoms with Crippen LogP contribution in [-0.2, 0) is 11.8 Å². The number of amides is 1. The van der Waals surface area contributed by atoms with Gasteiger partial charge in [-0.1, -0.05) is 42.1 Å². The standard InChI is InChI=1S/C21H23N7O2S/c1-13-19(20(30)28(26(13)2)16-6-4-3-5-7-16)22-18(29)12-31-21-23-24-25-27(21)17-11-14-8-9-15(17)10-14/h3-9,14-15,17H,10-12H2,1-2H3,(H,22,29)/t14-,15-,17-/m0/s1. The van der Waals surface area contributed by atoms with Crippen molar-refractivity contribution in [3.63, 3.8) is 0 Å². The molecule has 5 rings (SSSR count). The van der Waals surface area contributed by atoms with Crippen molar-refractivity contribution < 1.29 is 4.79 Å². The maximum atomic E-state index is 13.0. The summed E-state index contributed by atoms with van der Waals surface area (Å²) in [5, 5.41) is 15.5. The van der Waals surface area contributed by atoms with Gasteiger partial charge in [-0.2, -0.15) is 0 Å². The SMILES string of the molecule is Cc1c(NC(=O)CSc2nnnn2[C@H]2C[C@H]3C=C[C@H]2C3)c(=O)n(-c2ccccc2)n1C. The summed E-state index contributed by atoms with van der Waals surface area (Å²) >= 11 is 1.29. The molecule has 0 spiro atoms. The van der Waals surface area contributed by atoms with Gasteiger partial charge in [-0.25, -0.2) is 9.36 Å². The number of hydrogen-bond acceptors (Lipinski definition) is 6. The fourth-order valence-electron chi connectivity index (χ4n) is 4.54. The van der Waals surface area contributed by atoms with E-state index < -0.39 is 0 Å². The second kappa shape index (κ2) is 7.84. The predicted octanol–water partition coefficient (Wildman–Crippen LogP) is 2.34. The van der Waals surface area contributed by atoms with Gasteiger partial charge in [0.05, 0.1) is 23.2 Å². The number of rotatable bonds is 6. The Labute approximate surface area is 183 Å². The number of anilines is 1. The number of nitrogens with one attached hydrogen (secondary N) is 1. The molecular weight excluding hydrogens is 414 g/mol. The number of fused-ring (bicyclic) bond motifs is 2. The van der Waals surface area contributed by atoms with Gasteiger partial charge in [-0.05, 0) is 54.2 Å². The number of tetrazole rings is 1. The first-order valence-corrected chi connectivity index (χ1v) is 11.2. The van der Waals surface area contributed by atoms with Crippen LogP contribution < -0.4 is 10.9 Å². The highest BCUT2D eigenvalue weighted by molar-refractivity contribution is 7.99. The van der Waals surface area contributed by atoms with Crippen LogP contribution in [0.25, 0.3) is 5.69 Å². The van der Waals surface area contributed by atoms with Crippen LogP contribution in [0.3, 0.4) is 0 Å². The van der Waals surface area contributed by atoms with E-state index in [-0.39, 0.29) is 28.9 Å². The van der Waals surface area contributed by atoms with Gasteiger partial charge in [0.2, 0.25) is 11.1 Å². The van der Waals surface area contributed by atoms with Crippen LogP contribution in [-0.4, -0.2) is 41.2 Å². The van der Waals surface area contributed by atoms with Crippen molar-refractivity contribution in [2.24, 2.45) is 18.9 Å². The number of para-hydroxylation sites is 1. The summed E-state index contributed by atoms with van der Waals surface area (Å²) in [6.07, 6.45) is 6.71. The summed E-state index contributed by atoms with van der Waals surface area (Å²) in [7, 11) is 1.80. The number of benzene rings is 1. The molecule has 1 aromatic carbocycles. The van der Waals surface area contributed by atoms with Crippen molar-refractivity contribution >= 4 is 23.4 Å². The Morgan fingerprint density at radius 3 is 2.74 bits per heavy atom. The van der Waals surface area contributed by atoms with E-state index in [4.69, 9.17) is 0 Å². The number of allylic oxidation sites excluding steroid dienone is 2. The molecule has 2 aliphatic rings. The lowest BCUT2D eigenvalue weighted by Gasteiger charge is -2.18. The molecule has 0 radical (unpaired) electrons. The molecule has 1 amide bonds. The number of nitrogens with zero attached hydrogens (tertiary/aromatic N) is 6. The molecule has 1 N–H and O–H groups in total. The van der Waals surface area contributed by atoms with Gasteiger partial charge in [0.15, 0.2) is 0 Å². The van der Waals surface area contributed by atoms with Gasteiger partial charge < -0.3 is 5.32 Å². The molecule has 3 aromatic rings. The lowest BCUT2D eigenvalue weighted by molar-refractivity contribution is -0.113. The summed E-state index contributed by atoms with van der Waals surface area (Å²) in [5.41, 5.74) is 1.45. The fourth-order valence-corrected chi connectivity index (χ4v) is 5.27. The molecule has 9 nitrogen and oxygen atoms in total. The smallest absolute Gasteiger partial charge is 0.295 e. The van der Waals surface area contributed by atoms with E-state index in [0.717, 1.165) is 18.5 Å². The van der Waals surface area contributed by atoms with Gasteiger partial charge in [0.1, 0.15) is 5.69 Å². The highest BCUT2D eigenvalue weighted by Gasteiger charge is 2.38. The third-order valence-corrected chi connectivity index (χ3v) is 7.11. The lowest BCUT2D eigenvalue weighted by Crippen LogP contribution is -2.24. The van der Waals surface area contributed by atoms with Gasteiger partial charge in [-0.15, -0.1) is 5.10 Å². The van der Waals surface area contributed by atoms with Crippen molar-refractivity contribution in [2.45, 2.75) is 31.0 Å². The third kappa shape index (κ3) is 3.50. The second-order valence-corrected chi connectivity index (χ2v) is 8.97. The van der Waals surface area contributed by atoms with Crippen LogP contribution in [0, 0.1) is 18.8 Å². The van der Waals surface area contributed by atoms with Crippen molar-refractivity contribution in [3.05, 3.63) is 58.5 Å². The van der Waals surface area contributed by atoms with E-state index in [1.54, 1.807) is 16.4 Å². The number of carbonyl (C=O) groups excluding carboxylic acids is 1. The van der Waals surface area contributed by atoms with E-state index in [1.807, 2.05) is 41.9 Å². The maximum absolute atomic E-state index is 13.0. The molecule has 1 fully saturated rings. The van der Waals surface area contributed by atoms with Gasteiger partial charge in [0, 0.05) is 7.05 Å². The molecule has 2 aliphatic carbocycles. The normalized spacial score (nSPS) is 21.7. The molecule has 31 heavy (non-hydrogen) atoms. The Morgan fingerprint density at radius 2 is 2.03 bits per heavy atom. The number of aromatic nitrogens is 6. The molecule has 0 saturated heterocycles. The van der Waals surface area contributed by atoms with Crippen LogP contribution in [0.2, 0.25) is 0 Å². The van der Waals surface area contributed by atoms with Gasteiger partial charge in [0.25, 0.3) is 5.56 Å². The molecule has 1 saturated carbocycles. The lowest BCUT2D eigenvalue weighted by atomic mass is 10.0. The average Bonchev–Trinajstić information content (AvgIpc) is 3.55. The summed E-state index contributed by atoms with van der Waals surface area (Å²) in [5.74, 6) is 0.924. The number of thioether (sulfide) groups is 1. The topological polar surface area (TPSA) is 99.6 Å². The highest BCUT2D eigenvalue weighted by atomic mass is 32.2. The number of hydrogen-bond donors (Lipinski definition) is 1. The zero-order valence-corrected chi connectivity index (χ0v) is 18.1. The largest absolute Gasteiger partial charge is 0.319 e. The van der Waals surface area contributed by atoms with E-state index in [2.05, 4.69) is 33.0 Å². The Hall–Kier alpha value is -3.14. The molecule has 2 aromatic heterocycles. The zero-order valence-electron chi connectivity index (χ0n) is 17.3. The maximum Gasteiger partial charge on any atom is 0.295 e. The zero-order chi connectivity index (χ0) is 21.5. The van der Waals surface area contributed by atoms with Crippen LogP contribution in [0.4, 0.5) is 5.69 Å². The van der Waals surface area contributed by atoms with Crippen LogP contribution in [0.1, 0.15) is 24.6 Å². The van der Waals surface area contributed by atoms with E-state index in [9.17, 15) is 9.59 Å². The first-order chi connectivity index (χ1) is 15.0. The first-order valence-electron chi connectivity index (χ1n) is 10.3. The minimum absolute atomic E-state index is 0.121. The quantitative estimate of drug-likeness (QED) is 0.469. The summed E-state index contributed by atoms with van der Waals surface area (Å²) in [6.45, 7) is 1.81. The molecule has 10 heteroatoms. The van der Waals surface area contributed by atoms with Crippen LogP contribution >= 0.6 is 11.8 Å². The van der Waals surface area contributed by atoms with Gasteiger partial charge in [-0.3, -0.25) is 14.3 Å². The minimum Gasteiger partial charge on any atom is -0.319 e. The van der Waals surface area contributed by atoms with Crippen LogP contribution in [0.5, 0.6) is 0 Å². The van der Waals surface area contributed by atoms with Crippen molar-refractivity contribution in [3.8, 4) is 5.69 Å². The summed E-state index contributed by atoms with van der Waals surface area (Å²) in [6, 6.07) is 9.60. The van der Waals surface area contributed by atoms with Gasteiger partial charge >= 0.3 is 0 Å². The van der Waals surface area contributed by atoms with Crippen molar-refractivity contribution in [2.75, 3.05) is 11.1 Å². The highest BCUT2D eigenvalue weighted by Crippen LogP contribution is 2.46. The first kappa shape index (κ1) is 19.8. The third-order valence-electron chi connectivity index (χ3n) is 6.17. The Kier molecular flexibility index (Phi) is 5.01. The minimum atomic E-state index is -0.265. The second-order valence-electron chi connectivity index (χ2n) is 8.03. The molecular formula is C21H23N7O2S. The van der Waals surface area contributed by atoms with E-state index >= 15 is 0 Å². The molecule has 160 valence electrons. The Bertz CT molecular complexity index is 1210. The molecule has 0 aliphatic heterocycles. The fraction of sp³-hybridized carbons (Fsp3) is 0.381. The summed E-state index contributed by atoms with van der Waals surface area (Å²) in [4.78, 5) is 25.6. The predicted molar refractivity (Wildman–Crippen MR) is 117 cm³/mol. The average molecular weight is 438 g/mol.